The van der Waals surface area contributed by atoms with Crippen molar-refractivity contribution >= 4 is 17.5 Å². The van der Waals surface area contributed by atoms with E-state index in [0.29, 0.717) is 32.2 Å². The summed E-state index contributed by atoms with van der Waals surface area (Å²) in [6, 6.07) is 1.36. The van der Waals surface area contributed by atoms with Crippen LogP contribution in [0.4, 0.5) is 11.5 Å². The van der Waals surface area contributed by atoms with Gasteiger partial charge < -0.3 is 25.6 Å². The second-order valence-electron chi connectivity index (χ2n) is 3.46. The van der Waals surface area contributed by atoms with E-state index in [0.717, 1.165) is 0 Å². The van der Waals surface area contributed by atoms with Crippen molar-refractivity contribution in [1.29, 1.82) is 0 Å². The van der Waals surface area contributed by atoms with Crippen LogP contribution in [0.3, 0.4) is 0 Å². The molecule has 0 aliphatic carbocycles. The Labute approximate surface area is 105 Å². The zero-order chi connectivity index (χ0) is 13.4. The molecular formula is C11H17N3O4. The van der Waals surface area contributed by atoms with Gasteiger partial charge in [-0.25, -0.2) is 9.78 Å². The van der Waals surface area contributed by atoms with Gasteiger partial charge in [-0.15, -0.1) is 0 Å². The van der Waals surface area contributed by atoms with Gasteiger partial charge in [0.25, 0.3) is 0 Å². The summed E-state index contributed by atoms with van der Waals surface area (Å²) in [5.74, 6) is -0.723. The van der Waals surface area contributed by atoms with Crippen LogP contribution in [0.15, 0.2) is 12.3 Å². The lowest BCUT2D eigenvalue weighted by Gasteiger charge is -2.10. The van der Waals surface area contributed by atoms with Crippen LogP contribution < -0.4 is 11.1 Å². The quantitative estimate of drug-likeness (QED) is 0.578. The van der Waals surface area contributed by atoms with E-state index in [4.69, 9.17) is 20.3 Å². The zero-order valence-corrected chi connectivity index (χ0v) is 10.2. The summed E-state index contributed by atoms with van der Waals surface area (Å²) in [5, 5.41) is 11.8. The smallest absolute Gasteiger partial charge is 0.337 e. The standard InChI is InChI=1S/C11H17N3O4/c1-17-6-7-18-5-4-14-10-9(12)8(11(15)16)2-3-13-10/h2-3H,4-7,12H2,1H3,(H,13,14)(H,15,16). The summed E-state index contributed by atoms with van der Waals surface area (Å²) in [4.78, 5) is 14.8. The molecule has 0 bridgehead atoms. The number of carboxylic acids is 1. The molecule has 1 aromatic rings. The Morgan fingerprint density at radius 2 is 2.28 bits per heavy atom. The minimum atomic E-state index is -1.07. The van der Waals surface area contributed by atoms with Crippen molar-refractivity contribution in [3.05, 3.63) is 17.8 Å². The van der Waals surface area contributed by atoms with Gasteiger partial charge in [0.2, 0.25) is 0 Å². The predicted molar refractivity (Wildman–Crippen MR) is 66.8 cm³/mol. The summed E-state index contributed by atoms with van der Waals surface area (Å²) in [6.45, 7) is 2.00. The Hall–Kier alpha value is -1.86. The lowest BCUT2D eigenvalue weighted by Crippen LogP contribution is -2.15. The number of nitrogens with zero attached hydrogens (tertiary/aromatic N) is 1. The molecule has 18 heavy (non-hydrogen) atoms. The summed E-state index contributed by atoms with van der Waals surface area (Å²) < 4.78 is 10.1. The van der Waals surface area contributed by atoms with Gasteiger partial charge in [0, 0.05) is 19.9 Å². The van der Waals surface area contributed by atoms with Gasteiger partial charge in [-0.2, -0.15) is 0 Å². The summed E-state index contributed by atoms with van der Waals surface area (Å²) in [7, 11) is 1.60. The molecule has 4 N–H and O–H groups in total. The Morgan fingerprint density at radius 3 is 2.94 bits per heavy atom. The molecule has 0 fully saturated rings. The van der Waals surface area contributed by atoms with Crippen molar-refractivity contribution in [1.82, 2.24) is 4.98 Å². The molecule has 100 valence electrons. The number of nitrogens with one attached hydrogen (secondary N) is 1. The Kier molecular flexibility index (Phi) is 5.89. The van der Waals surface area contributed by atoms with Crippen molar-refractivity contribution in [2.24, 2.45) is 0 Å². The molecule has 1 heterocycles. The average molecular weight is 255 g/mol. The molecule has 0 saturated heterocycles. The fraction of sp³-hybridized carbons (Fsp3) is 0.455. The van der Waals surface area contributed by atoms with Crippen LogP contribution in [-0.4, -0.2) is 49.5 Å². The van der Waals surface area contributed by atoms with Crippen LogP contribution in [0.5, 0.6) is 0 Å². The molecule has 0 atom stereocenters. The van der Waals surface area contributed by atoms with Crippen molar-refractivity contribution < 1.29 is 19.4 Å². The first-order valence-corrected chi connectivity index (χ1v) is 5.45. The number of nitrogens with two attached hydrogens (primary N) is 1. The number of aromatic nitrogens is 1. The van der Waals surface area contributed by atoms with Crippen LogP contribution >= 0.6 is 0 Å². The Morgan fingerprint density at radius 1 is 1.50 bits per heavy atom. The van der Waals surface area contributed by atoms with E-state index in [-0.39, 0.29) is 11.3 Å². The maximum Gasteiger partial charge on any atom is 0.337 e. The van der Waals surface area contributed by atoms with Crippen molar-refractivity contribution in [3.63, 3.8) is 0 Å². The maximum atomic E-state index is 10.8. The molecule has 1 aromatic heterocycles. The number of pyridine rings is 1. The minimum Gasteiger partial charge on any atom is -0.478 e. The molecule has 0 unspecified atom stereocenters. The lowest BCUT2D eigenvalue weighted by molar-refractivity contribution is 0.0698. The highest BCUT2D eigenvalue weighted by atomic mass is 16.5. The van der Waals surface area contributed by atoms with E-state index in [1.165, 1.54) is 12.3 Å². The van der Waals surface area contributed by atoms with Gasteiger partial charge in [0.1, 0.15) is 5.82 Å². The van der Waals surface area contributed by atoms with Gasteiger partial charge in [0.05, 0.1) is 31.1 Å². The Balaban J connectivity index is 2.43. The third-order valence-corrected chi connectivity index (χ3v) is 2.19. The SMILES string of the molecule is COCCOCCNc1nccc(C(=O)O)c1N. The van der Waals surface area contributed by atoms with Crippen LogP contribution in [0.25, 0.3) is 0 Å². The number of carboxylic acid groups (broad SMARTS) is 1. The highest BCUT2D eigenvalue weighted by molar-refractivity contribution is 5.96. The molecule has 7 heteroatoms. The largest absolute Gasteiger partial charge is 0.478 e. The second-order valence-corrected chi connectivity index (χ2v) is 3.46. The van der Waals surface area contributed by atoms with Gasteiger partial charge >= 0.3 is 5.97 Å². The first-order valence-electron chi connectivity index (χ1n) is 5.45. The fourth-order valence-electron chi connectivity index (χ4n) is 1.29. The molecule has 0 radical (unpaired) electrons. The molecule has 0 amide bonds. The number of hydrogen-bond donors (Lipinski definition) is 3. The van der Waals surface area contributed by atoms with E-state index >= 15 is 0 Å². The van der Waals surface area contributed by atoms with Gasteiger partial charge in [-0.3, -0.25) is 0 Å². The van der Waals surface area contributed by atoms with Crippen LogP contribution in [-0.2, 0) is 9.47 Å². The molecule has 0 aliphatic rings. The normalized spacial score (nSPS) is 10.3. The van der Waals surface area contributed by atoms with E-state index in [2.05, 4.69) is 10.3 Å². The number of methoxy groups -OCH3 is 1. The summed E-state index contributed by atoms with van der Waals surface area (Å²) in [6.07, 6.45) is 1.40. The molecule has 0 spiro atoms. The monoisotopic (exact) mass is 255 g/mol. The number of anilines is 2. The predicted octanol–water partition coefficient (Wildman–Crippen LogP) is 0.437. The van der Waals surface area contributed by atoms with Crippen molar-refractivity contribution in [2.75, 3.05) is 44.5 Å². The summed E-state index contributed by atoms with van der Waals surface area (Å²) >= 11 is 0. The zero-order valence-electron chi connectivity index (χ0n) is 10.2. The second kappa shape index (κ2) is 7.46. The number of rotatable bonds is 8. The third-order valence-electron chi connectivity index (χ3n) is 2.19. The number of carbonyl (C=O) groups is 1. The topological polar surface area (TPSA) is 107 Å². The van der Waals surface area contributed by atoms with E-state index in [1.54, 1.807) is 7.11 Å². The minimum absolute atomic E-state index is 0.0350. The first kappa shape index (κ1) is 14.2. The third kappa shape index (κ3) is 4.19. The van der Waals surface area contributed by atoms with Crippen molar-refractivity contribution in [2.45, 2.75) is 0 Å². The van der Waals surface area contributed by atoms with Crippen LogP contribution in [0, 0.1) is 0 Å². The molecule has 7 nitrogen and oxygen atoms in total. The summed E-state index contributed by atoms with van der Waals surface area (Å²) in [5.41, 5.74) is 5.84. The maximum absolute atomic E-state index is 10.8. The lowest BCUT2D eigenvalue weighted by atomic mass is 10.2. The number of aromatic carboxylic acids is 1. The fourth-order valence-corrected chi connectivity index (χ4v) is 1.29. The highest BCUT2D eigenvalue weighted by Crippen LogP contribution is 2.19. The first-order chi connectivity index (χ1) is 8.66. The Bertz CT molecular complexity index is 398. The van der Waals surface area contributed by atoms with Crippen molar-refractivity contribution in [3.8, 4) is 0 Å². The molecule has 0 aliphatic heterocycles. The number of hydrogen-bond acceptors (Lipinski definition) is 6. The number of nitrogen functional groups attached to an aromatic ring is 1. The van der Waals surface area contributed by atoms with E-state index in [9.17, 15) is 4.79 Å². The van der Waals surface area contributed by atoms with E-state index in [1.807, 2.05) is 0 Å². The van der Waals surface area contributed by atoms with Gasteiger partial charge in [-0.1, -0.05) is 0 Å². The van der Waals surface area contributed by atoms with E-state index < -0.39 is 5.97 Å². The highest BCUT2D eigenvalue weighted by Gasteiger charge is 2.11. The van der Waals surface area contributed by atoms with Crippen LogP contribution in [0.1, 0.15) is 10.4 Å². The van der Waals surface area contributed by atoms with Gasteiger partial charge in [-0.05, 0) is 6.07 Å². The molecule has 0 saturated carbocycles. The molecular weight excluding hydrogens is 238 g/mol. The van der Waals surface area contributed by atoms with Crippen LogP contribution in [0.2, 0.25) is 0 Å². The molecule has 1 rings (SSSR count). The van der Waals surface area contributed by atoms with Gasteiger partial charge in [0.15, 0.2) is 0 Å². The molecule has 0 aromatic carbocycles. The number of ether oxygens (including phenoxy) is 2. The average Bonchev–Trinajstić information content (AvgIpc) is 2.35.